The number of benzene rings is 7. The molecule has 10 aromatic rings. The minimum Gasteiger partial charge on any atom is -0.455 e. The number of nitrogens with zero attached hydrogens (tertiary/aromatic N) is 3. The van der Waals surface area contributed by atoms with Crippen molar-refractivity contribution < 1.29 is 4.42 Å². The zero-order valence-corrected chi connectivity index (χ0v) is 29.8. The Labute approximate surface area is 319 Å². The molecule has 0 aliphatic rings. The summed E-state index contributed by atoms with van der Waals surface area (Å²) in [7, 11) is 0. The van der Waals surface area contributed by atoms with Crippen LogP contribution in [0, 0.1) is 0 Å². The molecular weight excluding hydrogens is 671 g/mol. The molecule has 0 aliphatic heterocycles. The van der Waals surface area contributed by atoms with Crippen LogP contribution in [0.25, 0.3) is 100 Å². The Balaban J connectivity index is 1.16. The second kappa shape index (κ2) is 13.8. The lowest BCUT2D eigenvalue weighted by molar-refractivity contribution is 0.670. The summed E-state index contributed by atoms with van der Waals surface area (Å²) in [5, 5.41) is 2.20. The second-order valence-corrected chi connectivity index (χ2v) is 13.7. The molecule has 0 amide bonds. The van der Waals surface area contributed by atoms with Crippen LogP contribution in [-0.2, 0) is 0 Å². The highest BCUT2D eigenvalue weighted by Crippen LogP contribution is 2.40. The second-order valence-electron chi connectivity index (χ2n) is 13.7. The maximum absolute atomic E-state index is 6.56. The molecule has 0 spiro atoms. The van der Waals surface area contributed by atoms with Gasteiger partial charge in [0.25, 0.3) is 0 Å². The normalized spacial score (nSPS) is 11.3. The Hall–Kier alpha value is -7.43. The predicted molar refractivity (Wildman–Crippen MR) is 225 cm³/mol. The Kier molecular flexibility index (Phi) is 8.12. The van der Waals surface area contributed by atoms with Crippen LogP contribution in [0.3, 0.4) is 0 Å². The zero-order chi connectivity index (χ0) is 36.6. The van der Waals surface area contributed by atoms with Gasteiger partial charge in [0.05, 0.1) is 11.4 Å². The van der Waals surface area contributed by atoms with E-state index in [1.54, 1.807) is 6.20 Å². The lowest BCUT2D eigenvalue weighted by atomic mass is 9.93. The van der Waals surface area contributed by atoms with E-state index in [1.165, 1.54) is 11.1 Å². The molecule has 4 nitrogen and oxygen atoms in total. The summed E-state index contributed by atoms with van der Waals surface area (Å²) in [6, 6.07) is 65.5. The minimum atomic E-state index is 0.669. The quantitative estimate of drug-likeness (QED) is 0.166. The minimum absolute atomic E-state index is 0.669. The van der Waals surface area contributed by atoms with E-state index in [0.717, 1.165) is 83.4 Å². The first kappa shape index (κ1) is 32.2. The van der Waals surface area contributed by atoms with Crippen LogP contribution in [0.4, 0.5) is 0 Å². The number of rotatable bonds is 7. The molecule has 0 atom stereocenters. The van der Waals surface area contributed by atoms with Crippen LogP contribution >= 0.6 is 0 Å². The molecule has 10 rings (SSSR count). The van der Waals surface area contributed by atoms with Crippen molar-refractivity contribution in [1.82, 2.24) is 15.0 Å². The van der Waals surface area contributed by atoms with Gasteiger partial charge in [-0.15, -0.1) is 0 Å². The molecule has 0 bridgehead atoms. The van der Waals surface area contributed by atoms with Crippen LogP contribution in [0.2, 0.25) is 0 Å². The van der Waals surface area contributed by atoms with Crippen molar-refractivity contribution in [3.63, 3.8) is 0 Å². The van der Waals surface area contributed by atoms with Crippen molar-refractivity contribution in [1.29, 1.82) is 0 Å². The number of hydrogen-bond acceptors (Lipinski definition) is 4. The molecule has 3 heterocycles. The Bertz CT molecular complexity index is 2940. The first-order valence-corrected chi connectivity index (χ1v) is 18.4. The van der Waals surface area contributed by atoms with E-state index in [-0.39, 0.29) is 0 Å². The standard InChI is InChI=1S/C51H33N3O/c1-3-11-34(12-4-1)35-20-22-37(23-21-35)41-29-42(44-17-9-18-46-45-16-7-8-19-49(45)55-50(44)46)31-43(30-41)48-32-47(53-51(54-48)39-13-5-2-6-14-39)38-26-24-36(25-27-38)40-15-10-28-52-33-40/h1-33H. The van der Waals surface area contributed by atoms with E-state index in [4.69, 9.17) is 14.4 Å². The fourth-order valence-electron chi connectivity index (χ4n) is 7.38. The predicted octanol–water partition coefficient (Wildman–Crippen LogP) is 13.4. The smallest absolute Gasteiger partial charge is 0.160 e. The first-order chi connectivity index (χ1) is 27.2. The molecule has 4 heteroatoms. The van der Waals surface area contributed by atoms with Crippen molar-refractivity contribution in [2.75, 3.05) is 0 Å². The third kappa shape index (κ3) is 6.26. The number of furan rings is 1. The van der Waals surface area contributed by atoms with Crippen molar-refractivity contribution >= 4 is 21.9 Å². The Morgan fingerprint density at radius 3 is 1.62 bits per heavy atom. The topological polar surface area (TPSA) is 51.8 Å². The van der Waals surface area contributed by atoms with E-state index in [2.05, 4.69) is 151 Å². The van der Waals surface area contributed by atoms with Gasteiger partial charge in [-0.05, 0) is 75.3 Å². The van der Waals surface area contributed by atoms with Gasteiger partial charge in [0, 0.05) is 45.4 Å². The number of para-hydroxylation sites is 2. The third-order valence-corrected chi connectivity index (χ3v) is 10.2. The van der Waals surface area contributed by atoms with Gasteiger partial charge in [0.2, 0.25) is 0 Å². The molecule has 7 aromatic carbocycles. The van der Waals surface area contributed by atoms with E-state index < -0.39 is 0 Å². The first-order valence-electron chi connectivity index (χ1n) is 18.4. The molecule has 0 saturated heterocycles. The van der Waals surface area contributed by atoms with Crippen LogP contribution in [0.1, 0.15) is 0 Å². The monoisotopic (exact) mass is 703 g/mol. The largest absolute Gasteiger partial charge is 0.455 e. The highest BCUT2D eigenvalue weighted by atomic mass is 16.3. The summed E-state index contributed by atoms with van der Waals surface area (Å²) in [4.78, 5) is 14.7. The number of fused-ring (bicyclic) bond motifs is 3. The summed E-state index contributed by atoms with van der Waals surface area (Å²) < 4.78 is 6.56. The number of hydrogen-bond donors (Lipinski definition) is 0. The van der Waals surface area contributed by atoms with Crippen molar-refractivity contribution in [3.05, 3.63) is 200 Å². The molecule has 0 fully saturated rings. The summed E-state index contributed by atoms with van der Waals surface area (Å²) in [6.45, 7) is 0. The van der Waals surface area contributed by atoms with Crippen LogP contribution in [-0.4, -0.2) is 15.0 Å². The van der Waals surface area contributed by atoms with Gasteiger partial charge >= 0.3 is 0 Å². The van der Waals surface area contributed by atoms with Crippen LogP contribution in [0.15, 0.2) is 205 Å². The van der Waals surface area contributed by atoms with Crippen molar-refractivity contribution in [2.45, 2.75) is 0 Å². The molecule has 0 aliphatic carbocycles. The average Bonchev–Trinajstić information content (AvgIpc) is 3.66. The SMILES string of the molecule is c1ccc(-c2ccc(-c3cc(-c4cc(-c5ccc(-c6cccnc6)cc5)nc(-c5ccccc5)n4)cc(-c4cccc5c4oc4ccccc45)c3)cc2)cc1. The van der Waals surface area contributed by atoms with Gasteiger partial charge in [0.1, 0.15) is 11.2 Å². The lowest BCUT2D eigenvalue weighted by Crippen LogP contribution is -1.96. The molecule has 0 N–H and O–H groups in total. The van der Waals surface area contributed by atoms with Gasteiger partial charge in [-0.2, -0.15) is 0 Å². The van der Waals surface area contributed by atoms with E-state index in [1.807, 2.05) is 48.7 Å². The molecule has 258 valence electrons. The summed E-state index contributed by atoms with van der Waals surface area (Å²) in [6.07, 6.45) is 3.68. The highest BCUT2D eigenvalue weighted by molar-refractivity contribution is 6.09. The Morgan fingerprint density at radius 2 is 0.891 bits per heavy atom. The summed E-state index contributed by atoms with van der Waals surface area (Å²) in [5.74, 6) is 0.669. The lowest BCUT2D eigenvalue weighted by Gasteiger charge is -2.14. The molecular formula is C51H33N3O. The Morgan fingerprint density at radius 1 is 0.345 bits per heavy atom. The van der Waals surface area contributed by atoms with E-state index >= 15 is 0 Å². The van der Waals surface area contributed by atoms with Gasteiger partial charge in [-0.25, -0.2) is 9.97 Å². The fourth-order valence-corrected chi connectivity index (χ4v) is 7.38. The fraction of sp³-hybridized carbons (Fsp3) is 0. The van der Waals surface area contributed by atoms with E-state index in [0.29, 0.717) is 5.82 Å². The van der Waals surface area contributed by atoms with Gasteiger partial charge in [-0.3, -0.25) is 4.98 Å². The number of pyridine rings is 1. The molecule has 0 radical (unpaired) electrons. The molecule has 3 aromatic heterocycles. The van der Waals surface area contributed by atoms with E-state index in [9.17, 15) is 0 Å². The summed E-state index contributed by atoms with van der Waals surface area (Å²) in [5.41, 5.74) is 15.2. The maximum Gasteiger partial charge on any atom is 0.160 e. The van der Waals surface area contributed by atoms with Crippen molar-refractivity contribution in [2.24, 2.45) is 0 Å². The van der Waals surface area contributed by atoms with Gasteiger partial charge < -0.3 is 4.42 Å². The maximum atomic E-state index is 6.56. The molecule has 0 saturated carbocycles. The molecule has 55 heavy (non-hydrogen) atoms. The summed E-state index contributed by atoms with van der Waals surface area (Å²) >= 11 is 0. The third-order valence-electron chi connectivity index (χ3n) is 10.2. The average molecular weight is 704 g/mol. The zero-order valence-electron chi connectivity index (χ0n) is 29.8. The van der Waals surface area contributed by atoms with Gasteiger partial charge in [0.15, 0.2) is 5.82 Å². The van der Waals surface area contributed by atoms with Crippen LogP contribution < -0.4 is 0 Å². The highest BCUT2D eigenvalue weighted by Gasteiger charge is 2.17. The van der Waals surface area contributed by atoms with Crippen LogP contribution in [0.5, 0.6) is 0 Å². The van der Waals surface area contributed by atoms with Crippen molar-refractivity contribution in [3.8, 4) is 78.4 Å². The number of aromatic nitrogens is 3. The molecule has 0 unspecified atom stereocenters. The van der Waals surface area contributed by atoms with Gasteiger partial charge in [-0.1, -0.05) is 152 Å².